The van der Waals surface area contributed by atoms with Crippen molar-refractivity contribution in [3.05, 3.63) is 103 Å². The van der Waals surface area contributed by atoms with Crippen LogP contribution in [0.3, 0.4) is 0 Å². The Hall–Kier alpha value is -4.64. The number of carbonyl (C=O) groups excluding carboxylic acids is 2. The molecule has 4 aromatic rings. The van der Waals surface area contributed by atoms with Crippen molar-refractivity contribution < 1.29 is 14.3 Å². The number of H-pyrrole nitrogens is 1. The van der Waals surface area contributed by atoms with Crippen molar-refractivity contribution in [1.82, 2.24) is 19.3 Å². The first-order valence-electron chi connectivity index (χ1n) is 11.7. The number of anilines is 2. The topological polar surface area (TPSA) is 145 Å². The Bertz CT molecular complexity index is 1590. The summed E-state index contributed by atoms with van der Waals surface area (Å²) in [6.07, 6.45) is 0. The molecule has 0 saturated heterocycles. The van der Waals surface area contributed by atoms with Gasteiger partial charge in [0.1, 0.15) is 16.5 Å². The molecule has 4 rings (SSSR count). The molecule has 3 N–H and O–H groups in total. The zero-order valence-corrected chi connectivity index (χ0v) is 21.4. The molecule has 0 fully saturated rings. The van der Waals surface area contributed by atoms with Gasteiger partial charge in [-0.3, -0.25) is 19.1 Å². The summed E-state index contributed by atoms with van der Waals surface area (Å²) in [7, 11) is 0. The van der Waals surface area contributed by atoms with E-state index in [1.54, 1.807) is 62.4 Å². The van der Waals surface area contributed by atoms with Gasteiger partial charge in [0.25, 0.3) is 11.5 Å². The Morgan fingerprint density at radius 1 is 1.08 bits per heavy atom. The number of nitrogens with one attached hydrogen (secondary N) is 1. The summed E-state index contributed by atoms with van der Waals surface area (Å²) >= 11 is 6.41. The van der Waals surface area contributed by atoms with Gasteiger partial charge in [-0.05, 0) is 31.5 Å². The molecular weight excluding hydrogens is 512 g/mol. The maximum Gasteiger partial charge on any atom is 0.343 e. The summed E-state index contributed by atoms with van der Waals surface area (Å²) < 4.78 is 7.80. The zero-order valence-electron chi connectivity index (χ0n) is 20.7. The molecule has 0 aliphatic rings. The SMILES string of the molecule is CCN(C(=O)COC(=O)c1c(C)nn(-c2ccccc2)c1Cl)c1c(N)n(Cc2ccccc2)c(=O)[nH]c1=O. The van der Waals surface area contributed by atoms with E-state index in [9.17, 15) is 19.2 Å². The van der Waals surface area contributed by atoms with E-state index in [-0.39, 0.29) is 35.3 Å². The first-order valence-corrected chi connectivity index (χ1v) is 12.0. The molecule has 196 valence electrons. The second kappa shape index (κ2) is 11.2. The van der Waals surface area contributed by atoms with Crippen molar-refractivity contribution in [2.75, 3.05) is 23.8 Å². The number of carbonyl (C=O) groups is 2. The summed E-state index contributed by atoms with van der Waals surface area (Å²) in [4.78, 5) is 54.3. The number of nitrogen functional groups attached to an aromatic ring is 1. The highest BCUT2D eigenvalue weighted by Crippen LogP contribution is 2.24. The number of ether oxygens (including phenoxy) is 1. The van der Waals surface area contributed by atoms with Crippen LogP contribution in [-0.4, -0.2) is 44.4 Å². The molecule has 0 unspecified atom stereocenters. The molecule has 0 bridgehead atoms. The number of hydrogen-bond acceptors (Lipinski definition) is 7. The van der Waals surface area contributed by atoms with Gasteiger partial charge < -0.3 is 15.4 Å². The van der Waals surface area contributed by atoms with E-state index >= 15 is 0 Å². The van der Waals surface area contributed by atoms with E-state index in [1.807, 2.05) is 12.1 Å². The standard InChI is InChI=1S/C26H25ClN6O5/c1-3-31(21-23(28)32(26(37)29-24(21)35)14-17-10-6-4-7-11-17)19(34)15-38-25(36)20-16(2)30-33(22(20)27)18-12-8-5-9-13-18/h4-13H,3,14-15,28H2,1-2H3,(H,29,35,37). The number of aryl methyl sites for hydroxylation is 1. The van der Waals surface area contributed by atoms with Crippen LogP contribution < -0.4 is 21.9 Å². The number of amides is 1. The molecule has 38 heavy (non-hydrogen) atoms. The molecule has 0 aliphatic carbocycles. The summed E-state index contributed by atoms with van der Waals surface area (Å²) in [6, 6.07) is 18.0. The van der Waals surface area contributed by atoms with E-state index < -0.39 is 29.7 Å². The summed E-state index contributed by atoms with van der Waals surface area (Å²) in [5.74, 6) is -1.76. The number of hydrogen-bond donors (Lipinski definition) is 2. The van der Waals surface area contributed by atoms with Crippen molar-refractivity contribution in [3.63, 3.8) is 0 Å². The summed E-state index contributed by atoms with van der Waals surface area (Å²) in [6.45, 7) is 2.63. The van der Waals surface area contributed by atoms with Gasteiger partial charge in [-0.15, -0.1) is 0 Å². The van der Waals surface area contributed by atoms with E-state index in [2.05, 4.69) is 10.1 Å². The Morgan fingerprint density at radius 2 is 1.71 bits per heavy atom. The van der Waals surface area contributed by atoms with Crippen molar-refractivity contribution in [2.24, 2.45) is 0 Å². The average molecular weight is 537 g/mol. The molecule has 0 radical (unpaired) electrons. The fourth-order valence-electron chi connectivity index (χ4n) is 3.97. The fourth-order valence-corrected chi connectivity index (χ4v) is 4.32. The third kappa shape index (κ3) is 5.23. The number of nitrogens with zero attached hydrogens (tertiary/aromatic N) is 4. The lowest BCUT2D eigenvalue weighted by Gasteiger charge is -2.23. The number of benzene rings is 2. The van der Waals surface area contributed by atoms with E-state index in [1.165, 1.54) is 4.68 Å². The fraction of sp³-hybridized carbons (Fsp3) is 0.192. The van der Waals surface area contributed by atoms with Crippen molar-refractivity contribution in [1.29, 1.82) is 0 Å². The maximum atomic E-state index is 13.1. The second-order valence-electron chi connectivity index (χ2n) is 8.28. The molecule has 11 nitrogen and oxygen atoms in total. The number of aromatic nitrogens is 4. The third-order valence-electron chi connectivity index (χ3n) is 5.82. The molecule has 0 atom stereocenters. The number of nitrogens with two attached hydrogens (primary N) is 1. The van der Waals surface area contributed by atoms with E-state index in [0.717, 1.165) is 15.0 Å². The normalized spacial score (nSPS) is 10.8. The first kappa shape index (κ1) is 26.4. The lowest BCUT2D eigenvalue weighted by atomic mass is 10.2. The first-order chi connectivity index (χ1) is 18.2. The Balaban J connectivity index is 1.56. The van der Waals surface area contributed by atoms with Crippen molar-refractivity contribution in [2.45, 2.75) is 20.4 Å². The minimum Gasteiger partial charge on any atom is -0.452 e. The minimum atomic E-state index is -0.852. The molecule has 0 spiro atoms. The van der Waals surface area contributed by atoms with Gasteiger partial charge in [-0.1, -0.05) is 60.1 Å². The average Bonchev–Trinajstić information content (AvgIpc) is 3.22. The van der Waals surface area contributed by atoms with Gasteiger partial charge in [-0.25, -0.2) is 14.3 Å². The number of likely N-dealkylation sites (N-methyl/N-ethyl adjacent to an activating group) is 1. The largest absolute Gasteiger partial charge is 0.452 e. The van der Waals surface area contributed by atoms with Gasteiger partial charge in [0.15, 0.2) is 12.3 Å². The molecule has 1 amide bonds. The van der Waals surface area contributed by atoms with Crippen LogP contribution in [0.5, 0.6) is 0 Å². The van der Waals surface area contributed by atoms with Gasteiger partial charge in [-0.2, -0.15) is 5.10 Å². The van der Waals surface area contributed by atoms with Gasteiger partial charge in [0.2, 0.25) is 0 Å². The molecule has 12 heteroatoms. The molecule has 2 aromatic heterocycles. The lowest BCUT2D eigenvalue weighted by Crippen LogP contribution is -2.42. The Kier molecular flexibility index (Phi) is 7.77. The van der Waals surface area contributed by atoms with Crippen LogP contribution in [0.25, 0.3) is 5.69 Å². The summed E-state index contributed by atoms with van der Waals surface area (Å²) in [5.41, 5.74) is 6.19. The molecule has 2 heterocycles. The smallest absolute Gasteiger partial charge is 0.343 e. The van der Waals surface area contributed by atoms with Crippen LogP contribution >= 0.6 is 11.6 Å². The van der Waals surface area contributed by atoms with Gasteiger partial charge in [0.05, 0.1) is 17.9 Å². The number of rotatable bonds is 8. The predicted octanol–water partition coefficient (Wildman–Crippen LogP) is 2.52. The highest BCUT2D eigenvalue weighted by atomic mass is 35.5. The van der Waals surface area contributed by atoms with Gasteiger partial charge in [0, 0.05) is 6.54 Å². The van der Waals surface area contributed by atoms with Crippen LogP contribution in [-0.2, 0) is 16.1 Å². The molecule has 0 aliphatic heterocycles. The molecule has 0 saturated carbocycles. The number of aromatic amines is 1. The van der Waals surface area contributed by atoms with Crippen LogP contribution in [0, 0.1) is 6.92 Å². The van der Waals surface area contributed by atoms with Crippen LogP contribution in [0.15, 0.2) is 70.3 Å². The van der Waals surface area contributed by atoms with Crippen LogP contribution in [0.1, 0.15) is 28.5 Å². The quantitative estimate of drug-likeness (QED) is 0.329. The highest BCUT2D eigenvalue weighted by molar-refractivity contribution is 6.33. The summed E-state index contributed by atoms with van der Waals surface area (Å²) in [5, 5.41) is 4.33. The zero-order chi connectivity index (χ0) is 27.4. The van der Waals surface area contributed by atoms with Crippen LogP contribution in [0.4, 0.5) is 11.5 Å². The second-order valence-corrected chi connectivity index (χ2v) is 8.64. The molecular formula is C26H25ClN6O5. The van der Waals surface area contributed by atoms with E-state index in [0.29, 0.717) is 11.4 Å². The predicted molar refractivity (Wildman–Crippen MR) is 143 cm³/mol. The maximum absolute atomic E-state index is 13.1. The van der Waals surface area contributed by atoms with E-state index in [4.69, 9.17) is 22.1 Å². The third-order valence-corrected chi connectivity index (χ3v) is 6.17. The number of para-hydroxylation sites is 1. The monoisotopic (exact) mass is 536 g/mol. The number of halogens is 1. The lowest BCUT2D eigenvalue weighted by molar-refractivity contribution is -0.121. The molecule has 2 aromatic carbocycles. The van der Waals surface area contributed by atoms with Gasteiger partial charge >= 0.3 is 11.7 Å². The van der Waals surface area contributed by atoms with Crippen LogP contribution in [0.2, 0.25) is 5.15 Å². The Labute approximate surface area is 222 Å². The van der Waals surface area contributed by atoms with Crippen molar-refractivity contribution in [3.8, 4) is 5.69 Å². The highest BCUT2D eigenvalue weighted by Gasteiger charge is 2.27. The Morgan fingerprint density at radius 3 is 2.34 bits per heavy atom. The number of esters is 1. The minimum absolute atomic E-state index is 0.0140. The van der Waals surface area contributed by atoms with Crippen molar-refractivity contribution >= 4 is 35.0 Å².